The van der Waals surface area contributed by atoms with Crippen molar-refractivity contribution in [2.75, 3.05) is 13.2 Å². The van der Waals surface area contributed by atoms with Gasteiger partial charge in [0.2, 0.25) is 0 Å². The molecule has 0 aliphatic heterocycles. The van der Waals surface area contributed by atoms with Crippen LogP contribution in [0.2, 0.25) is 18.1 Å². The third-order valence-corrected chi connectivity index (χ3v) is 8.16. The number of hydrogen-bond acceptors (Lipinski definition) is 4. The molecule has 0 bridgehead atoms. The summed E-state index contributed by atoms with van der Waals surface area (Å²) in [6, 6.07) is 0. The number of thiol groups is 1. The molecule has 1 unspecified atom stereocenters. The third-order valence-electron chi connectivity index (χ3n) is 3.32. The third kappa shape index (κ3) is 8.17. The Bertz CT molecular complexity index is 321. The molecule has 0 aromatic rings. The molecule has 6 heteroatoms. The summed E-state index contributed by atoms with van der Waals surface area (Å²) in [4.78, 5) is 11.5. The highest BCUT2D eigenvalue weighted by Crippen LogP contribution is 2.36. The topological polar surface area (TPSA) is 47.6 Å². The molecule has 0 spiro atoms. The summed E-state index contributed by atoms with van der Waals surface area (Å²) in [5.74, 6) is 0. The molecule has 1 N–H and O–H groups in total. The summed E-state index contributed by atoms with van der Waals surface area (Å²) in [6.45, 7) is 17.5. The maximum Gasteiger partial charge on any atom is 0.407 e. The number of hydrogen-bond donors (Lipinski definition) is 2. The minimum atomic E-state index is -1.75. The van der Waals surface area contributed by atoms with E-state index in [1.165, 1.54) is 0 Å². The minimum Gasteiger partial charge on any atom is -0.444 e. The summed E-state index contributed by atoms with van der Waals surface area (Å²) in [7, 11) is -1.75. The van der Waals surface area contributed by atoms with Crippen LogP contribution >= 0.6 is 12.6 Å². The van der Waals surface area contributed by atoms with E-state index < -0.39 is 20.0 Å². The van der Waals surface area contributed by atoms with Crippen LogP contribution in [0.15, 0.2) is 0 Å². The lowest BCUT2D eigenvalue weighted by Crippen LogP contribution is -2.43. The van der Waals surface area contributed by atoms with Crippen molar-refractivity contribution in [2.45, 2.75) is 70.5 Å². The van der Waals surface area contributed by atoms with Gasteiger partial charge in [-0.25, -0.2) is 4.79 Å². The smallest absolute Gasteiger partial charge is 0.407 e. The van der Waals surface area contributed by atoms with Gasteiger partial charge in [-0.15, -0.1) is 0 Å². The average Bonchev–Trinajstić information content (AvgIpc) is 2.19. The summed E-state index contributed by atoms with van der Waals surface area (Å²) >= 11 is 4.45. The van der Waals surface area contributed by atoms with Gasteiger partial charge in [0.15, 0.2) is 8.32 Å². The molecule has 0 rings (SSSR count). The van der Waals surface area contributed by atoms with E-state index in [1.54, 1.807) is 0 Å². The quantitative estimate of drug-likeness (QED) is 0.597. The number of carbonyl (C=O) groups is 1. The number of amides is 1. The molecule has 0 saturated carbocycles. The lowest BCUT2D eigenvalue weighted by Gasteiger charge is -2.36. The van der Waals surface area contributed by atoms with Crippen LogP contribution in [-0.2, 0) is 9.16 Å². The zero-order valence-corrected chi connectivity index (χ0v) is 16.1. The second-order valence-corrected chi connectivity index (χ2v) is 13.1. The molecule has 20 heavy (non-hydrogen) atoms. The summed E-state index contributed by atoms with van der Waals surface area (Å²) in [5.41, 5.74) is -0.478. The molecule has 0 aromatic heterocycles. The van der Waals surface area contributed by atoms with Gasteiger partial charge in [0.05, 0.1) is 0 Å². The predicted molar refractivity (Wildman–Crippen MR) is 90.2 cm³/mol. The zero-order valence-electron chi connectivity index (χ0n) is 14.2. The minimum absolute atomic E-state index is 0.0309. The Morgan fingerprint density at radius 1 is 1.20 bits per heavy atom. The van der Waals surface area contributed by atoms with Gasteiger partial charge in [0.1, 0.15) is 5.60 Å². The first-order chi connectivity index (χ1) is 8.74. The Hall–Kier alpha value is -0.203. The van der Waals surface area contributed by atoms with Crippen molar-refractivity contribution in [3.05, 3.63) is 0 Å². The SMILES string of the molecule is CC(C)(C)OC(=O)NCC(S)CO[Si](C)(C)C(C)(C)C. The van der Waals surface area contributed by atoms with Crippen molar-refractivity contribution in [1.29, 1.82) is 0 Å². The van der Waals surface area contributed by atoms with Gasteiger partial charge >= 0.3 is 6.09 Å². The van der Waals surface area contributed by atoms with Crippen molar-refractivity contribution in [2.24, 2.45) is 0 Å². The molecular weight excluding hydrogens is 290 g/mol. The number of alkyl carbamates (subject to hydrolysis) is 1. The number of rotatable bonds is 5. The molecule has 0 aliphatic rings. The summed E-state index contributed by atoms with van der Waals surface area (Å²) in [5, 5.41) is 2.86. The highest BCUT2D eigenvalue weighted by atomic mass is 32.1. The van der Waals surface area contributed by atoms with Crippen LogP contribution < -0.4 is 5.32 Å². The van der Waals surface area contributed by atoms with Crippen LogP contribution in [0.4, 0.5) is 4.79 Å². The molecule has 1 atom stereocenters. The maximum absolute atomic E-state index is 11.5. The van der Waals surface area contributed by atoms with Gasteiger partial charge in [0.25, 0.3) is 0 Å². The molecule has 0 aliphatic carbocycles. The van der Waals surface area contributed by atoms with Crippen LogP contribution in [0.25, 0.3) is 0 Å². The first-order valence-electron chi connectivity index (χ1n) is 7.03. The van der Waals surface area contributed by atoms with E-state index in [-0.39, 0.29) is 10.3 Å². The van der Waals surface area contributed by atoms with Crippen molar-refractivity contribution in [3.63, 3.8) is 0 Å². The highest BCUT2D eigenvalue weighted by molar-refractivity contribution is 7.81. The predicted octanol–water partition coefficient (Wildman–Crippen LogP) is 3.83. The first kappa shape index (κ1) is 19.8. The van der Waals surface area contributed by atoms with E-state index in [0.717, 1.165) is 0 Å². The molecule has 0 aromatic carbocycles. The van der Waals surface area contributed by atoms with Gasteiger partial charge in [0, 0.05) is 18.4 Å². The lowest BCUT2D eigenvalue weighted by molar-refractivity contribution is 0.0526. The lowest BCUT2D eigenvalue weighted by atomic mass is 10.2. The second-order valence-electron chi connectivity index (χ2n) is 7.61. The monoisotopic (exact) mass is 321 g/mol. The Labute approximate surface area is 130 Å². The Morgan fingerprint density at radius 3 is 2.10 bits per heavy atom. The Morgan fingerprint density at radius 2 is 1.70 bits per heavy atom. The molecule has 4 nitrogen and oxygen atoms in total. The molecule has 120 valence electrons. The van der Waals surface area contributed by atoms with Crippen LogP contribution in [0, 0.1) is 0 Å². The molecule has 0 heterocycles. The van der Waals surface area contributed by atoms with E-state index >= 15 is 0 Å². The number of carbonyl (C=O) groups excluding carboxylic acids is 1. The number of ether oxygens (including phenoxy) is 1. The highest BCUT2D eigenvalue weighted by Gasteiger charge is 2.37. The number of nitrogens with one attached hydrogen (secondary N) is 1. The van der Waals surface area contributed by atoms with E-state index in [9.17, 15) is 4.79 Å². The van der Waals surface area contributed by atoms with E-state index in [1.807, 2.05) is 20.8 Å². The van der Waals surface area contributed by atoms with Gasteiger partial charge in [-0.1, -0.05) is 20.8 Å². The van der Waals surface area contributed by atoms with Crippen LogP contribution in [0.1, 0.15) is 41.5 Å². The fraction of sp³-hybridized carbons (Fsp3) is 0.929. The Kier molecular flexibility index (Phi) is 7.11. The summed E-state index contributed by atoms with van der Waals surface area (Å²) in [6.07, 6.45) is -0.413. The molecule has 0 radical (unpaired) electrons. The van der Waals surface area contributed by atoms with Gasteiger partial charge < -0.3 is 14.5 Å². The average molecular weight is 322 g/mol. The standard InChI is InChI=1S/C14H31NO3SSi/c1-13(2,3)18-12(16)15-9-11(19)10-17-20(7,8)14(4,5)6/h11,19H,9-10H2,1-8H3,(H,15,16). The molecule has 1 amide bonds. The molecule has 0 saturated heterocycles. The van der Waals surface area contributed by atoms with Crippen molar-refractivity contribution in [3.8, 4) is 0 Å². The van der Waals surface area contributed by atoms with Gasteiger partial charge in [-0.2, -0.15) is 12.6 Å². The fourth-order valence-electron chi connectivity index (χ4n) is 1.10. The largest absolute Gasteiger partial charge is 0.444 e. The van der Waals surface area contributed by atoms with Crippen molar-refractivity contribution < 1.29 is 14.0 Å². The van der Waals surface area contributed by atoms with Crippen LogP contribution in [0.3, 0.4) is 0 Å². The van der Waals surface area contributed by atoms with Crippen molar-refractivity contribution in [1.82, 2.24) is 5.32 Å². The van der Waals surface area contributed by atoms with Gasteiger partial charge in [-0.3, -0.25) is 0 Å². The Balaban J connectivity index is 4.08. The zero-order chi connectivity index (χ0) is 16.2. The molecular formula is C14H31NO3SSi. The first-order valence-corrected chi connectivity index (χ1v) is 10.5. The summed E-state index contributed by atoms with van der Waals surface area (Å²) < 4.78 is 11.2. The fourth-order valence-corrected chi connectivity index (χ4v) is 2.45. The van der Waals surface area contributed by atoms with Crippen molar-refractivity contribution >= 4 is 27.0 Å². The van der Waals surface area contributed by atoms with E-state index in [0.29, 0.717) is 13.2 Å². The normalized spacial score (nSPS) is 14.8. The second kappa shape index (κ2) is 7.18. The van der Waals surface area contributed by atoms with Crippen LogP contribution in [0.5, 0.6) is 0 Å². The van der Waals surface area contributed by atoms with E-state index in [4.69, 9.17) is 9.16 Å². The maximum atomic E-state index is 11.5. The molecule has 0 fully saturated rings. The van der Waals surface area contributed by atoms with Crippen LogP contribution in [-0.4, -0.2) is 38.4 Å². The van der Waals surface area contributed by atoms with E-state index in [2.05, 4.69) is 51.8 Å². The van der Waals surface area contributed by atoms with Gasteiger partial charge in [-0.05, 0) is 38.9 Å².